The highest BCUT2D eigenvalue weighted by Crippen LogP contribution is 2.30. The van der Waals surface area contributed by atoms with E-state index in [1.807, 2.05) is 18.2 Å². The second kappa shape index (κ2) is 8.76. The lowest BCUT2D eigenvalue weighted by Gasteiger charge is -2.40. The summed E-state index contributed by atoms with van der Waals surface area (Å²) in [5.74, 6) is -1.89. The van der Waals surface area contributed by atoms with E-state index in [1.165, 1.54) is 22.8 Å². The molecule has 154 valence electrons. The minimum atomic E-state index is -0.816. The predicted molar refractivity (Wildman–Crippen MR) is 113 cm³/mol. The van der Waals surface area contributed by atoms with Crippen LogP contribution in [0.2, 0.25) is 0 Å². The molecule has 1 aliphatic heterocycles. The molecule has 4 rings (SSSR count). The van der Waals surface area contributed by atoms with Gasteiger partial charge in [-0.15, -0.1) is 0 Å². The van der Waals surface area contributed by atoms with Crippen LogP contribution in [0.4, 0.5) is 8.78 Å². The van der Waals surface area contributed by atoms with Gasteiger partial charge >= 0.3 is 0 Å². The van der Waals surface area contributed by atoms with Crippen LogP contribution in [0.25, 0.3) is 0 Å². The van der Waals surface area contributed by atoms with E-state index in [-0.39, 0.29) is 11.6 Å². The van der Waals surface area contributed by atoms with E-state index in [0.29, 0.717) is 26.2 Å². The Morgan fingerprint density at radius 3 is 2.10 bits per heavy atom. The molecule has 0 N–H and O–H groups in total. The Kier molecular flexibility index (Phi) is 5.91. The van der Waals surface area contributed by atoms with E-state index in [9.17, 15) is 13.6 Å². The van der Waals surface area contributed by atoms with Crippen molar-refractivity contribution in [3.63, 3.8) is 0 Å². The molecule has 0 aliphatic carbocycles. The fourth-order valence-electron chi connectivity index (χ4n) is 4.01. The zero-order valence-electron chi connectivity index (χ0n) is 16.9. The number of hydrogen-bond acceptors (Lipinski definition) is 2. The maximum atomic E-state index is 14.0. The van der Waals surface area contributed by atoms with Crippen LogP contribution in [0.3, 0.4) is 0 Å². The van der Waals surface area contributed by atoms with Gasteiger partial charge in [0.15, 0.2) is 0 Å². The number of carbonyl (C=O) groups is 1. The second-order valence-electron chi connectivity index (χ2n) is 7.68. The summed E-state index contributed by atoms with van der Waals surface area (Å²) >= 11 is 0. The maximum absolute atomic E-state index is 14.0. The summed E-state index contributed by atoms with van der Waals surface area (Å²) in [5, 5.41) is 0. The Morgan fingerprint density at radius 1 is 0.833 bits per heavy atom. The molecule has 1 saturated heterocycles. The minimum Gasteiger partial charge on any atom is -0.336 e. The van der Waals surface area contributed by atoms with Crippen LogP contribution in [-0.4, -0.2) is 41.9 Å². The molecule has 1 fully saturated rings. The van der Waals surface area contributed by atoms with Crippen molar-refractivity contribution in [3.05, 3.63) is 107 Å². The Bertz CT molecular complexity index is 1010. The van der Waals surface area contributed by atoms with E-state index in [4.69, 9.17) is 0 Å². The van der Waals surface area contributed by atoms with Crippen molar-refractivity contribution in [2.24, 2.45) is 0 Å². The van der Waals surface area contributed by atoms with E-state index in [1.54, 1.807) is 4.90 Å². The van der Waals surface area contributed by atoms with E-state index >= 15 is 0 Å². The summed E-state index contributed by atoms with van der Waals surface area (Å²) in [6.07, 6.45) is 0. The third-order valence-corrected chi connectivity index (χ3v) is 5.64. The molecule has 0 saturated carbocycles. The lowest BCUT2D eigenvalue weighted by atomic mass is 9.95. The van der Waals surface area contributed by atoms with Crippen molar-refractivity contribution in [1.82, 2.24) is 9.80 Å². The van der Waals surface area contributed by atoms with Gasteiger partial charge in [-0.05, 0) is 30.2 Å². The van der Waals surface area contributed by atoms with Crippen LogP contribution in [0.1, 0.15) is 33.1 Å². The summed E-state index contributed by atoms with van der Waals surface area (Å²) in [6, 6.07) is 22.0. The number of nitrogens with zero attached hydrogens (tertiary/aromatic N) is 2. The average Bonchev–Trinajstić information content (AvgIpc) is 2.76. The summed E-state index contributed by atoms with van der Waals surface area (Å²) in [5.41, 5.74) is 3.53. The zero-order valence-corrected chi connectivity index (χ0v) is 16.9. The first-order valence-corrected chi connectivity index (χ1v) is 10.1. The first-order valence-electron chi connectivity index (χ1n) is 10.1. The third kappa shape index (κ3) is 4.26. The smallest absolute Gasteiger partial charge is 0.256 e. The second-order valence-corrected chi connectivity index (χ2v) is 7.68. The SMILES string of the molecule is Cc1ccc(C(c2ccccc2)N2CCN(C(=O)c3ccc(F)cc3F)CC2)cc1. The summed E-state index contributed by atoms with van der Waals surface area (Å²) in [7, 11) is 0. The molecule has 3 aromatic rings. The van der Waals surface area contributed by atoms with E-state index in [2.05, 4.69) is 48.2 Å². The third-order valence-electron chi connectivity index (χ3n) is 5.64. The van der Waals surface area contributed by atoms with Crippen molar-refractivity contribution in [1.29, 1.82) is 0 Å². The maximum Gasteiger partial charge on any atom is 0.256 e. The highest BCUT2D eigenvalue weighted by Gasteiger charge is 2.29. The Hall–Kier alpha value is -3.05. The molecule has 5 heteroatoms. The Morgan fingerprint density at radius 2 is 1.47 bits per heavy atom. The largest absolute Gasteiger partial charge is 0.336 e. The van der Waals surface area contributed by atoms with Crippen molar-refractivity contribution in [2.45, 2.75) is 13.0 Å². The predicted octanol–water partition coefficient (Wildman–Crippen LogP) is 4.82. The molecule has 0 radical (unpaired) electrons. The number of piperazine rings is 1. The standard InChI is InChI=1S/C25H24F2N2O/c1-18-7-9-20(10-8-18)24(19-5-3-2-4-6-19)28-13-15-29(16-14-28)25(30)22-12-11-21(26)17-23(22)27/h2-12,17,24H,13-16H2,1H3. The van der Waals surface area contributed by atoms with Gasteiger partial charge in [-0.1, -0.05) is 60.2 Å². The monoisotopic (exact) mass is 406 g/mol. The number of hydrogen-bond donors (Lipinski definition) is 0. The van der Waals surface area contributed by atoms with Crippen LogP contribution >= 0.6 is 0 Å². The molecular formula is C25H24F2N2O. The van der Waals surface area contributed by atoms with Crippen LogP contribution in [0, 0.1) is 18.6 Å². The zero-order chi connectivity index (χ0) is 21.1. The molecule has 0 aromatic heterocycles. The molecule has 3 nitrogen and oxygen atoms in total. The number of benzene rings is 3. The summed E-state index contributed by atoms with van der Waals surface area (Å²) in [4.78, 5) is 16.7. The number of aryl methyl sites for hydroxylation is 1. The van der Waals surface area contributed by atoms with Gasteiger partial charge in [0.25, 0.3) is 5.91 Å². The number of carbonyl (C=O) groups excluding carboxylic acids is 1. The van der Waals surface area contributed by atoms with Crippen molar-refractivity contribution in [2.75, 3.05) is 26.2 Å². The van der Waals surface area contributed by atoms with Crippen LogP contribution in [0.5, 0.6) is 0 Å². The molecule has 1 heterocycles. The van der Waals surface area contributed by atoms with Crippen LogP contribution in [0.15, 0.2) is 72.8 Å². The molecule has 1 atom stereocenters. The first-order chi connectivity index (χ1) is 14.5. The fourth-order valence-corrected chi connectivity index (χ4v) is 4.01. The number of amides is 1. The molecule has 0 bridgehead atoms. The van der Waals surface area contributed by atoms with Crippen LogP contribution in [-0.2, 0) is 0 Å². The van der Waals surface area contributed by atoms with E-state index in [0.717, 1.165) is 12.1 Å². The molecular weight excluding hydrogens is 382 g/mol. The topological polar surface area (TPSA) is 23.6 Å². The Labute approximate surface area is 175 Å². The number of halogens is 2. The first kappa shape index (κ1) is 20.2. The molecule has 1 unspecified atom stereocenters. The van der Waals surface area contributed by atoms with Crippen molar-refractivity contribution in [3.8, 4) is 0 Å². The minimum absolute atomic E-state index is 0.0806. The van der Waals surface area contributed by atoms with Gasteiger partial charge in [-0.3, -0.25) is 9.69 Å². The normalized spacial score (nSPS) is 15.8. The summed E-state index contributed by atoms with van der Waals surface area (Å²) < 4.78 is 27.2. The highest BCUT2D eigenvalue weighted by molar-refractivity contribution is 5.94. The van der Waals surface area contributed by atoms with Gasteiger partial charge in [-0.2, -0.15) is 0 Å². The Balaban J connectivity index is 1.53. The molecule has 0 spiro atoms. The van der Waals surface area contributed by atoms with Gasteiger partial charge in [0.05, 0.1) is 11.6 Å². The van der Waals surface area contributed by atoms with Crippen LogP contribution < -0.4 is 0 Å². The molecule has 3 aromatic carbocycles. The van der Waals surface area contributed by atoms with Gasteiger partial charge in [0.2, 0.25) is 0 Å². The van der Waals surface area contributed by atoms with Gasteiger partial charge in [0.1, 0.15) is 11.6 Å². The van der Waals surface area contributed by atoms with Crippen molar-refractivity contribution < 1.29 is 13.6 Å². The lowest BCUT2D eigenvalue weighted by Crippen LogP contribution is -2.50. The molecule has 1 aliphatic rings. The summed E-state index contributed by atoms with van der Waals surface area (Å²) in [6.45, 7) is 4.39. The average molecular weight is 406 g/mol. The highest BCUT2D eigenvalue weighted by atomic mass is 19.1. The van der Waals surface area contributed by atoms with Crippen molar-refractivity contribution >= 4 is 5.91 Å². The lowest BCUT2D eigenvalue weighted by molar-refractivity contribution is 0.0593. The van der Waals surface area contributed by atoms with E-state index < -0.39 is 17.5 Å². The fraction of sp³-hybridized carbons (Fsp3) is 0.240. The quantitative estimate of drug-likeness (QED) is 0.620. The molecule has 30 heavy (non-hydrogen) atoms. The number of rotatable bonds is 4. The van der Waals surface area contributed by atoms with Gasteiger partial charge in [-0.25, -0.2) is 8.78 Å². The van der Waals surface area contributed by atoms with Gasteiger partial charge in [0, 0.05) is 32.2 Å². The van der Waals surface area contributed by atoms with Gasteiger partial charge < -0.3 is 4.90 Å². The molecule has 1 amide bonds.